The number of benzene rings is 3. The normalized spacial score (nSPS) is 10.9. The second-order valence-corrected chi connectivity index (χ2v) is 7.80. The van der Waals surface area contributed by atoms with Crippen LogP contribution in [0.1, 0.15) is 11.1 Å². The molecule has 0 radical (unpaired) electrons. The molecular weight excluding hydrogens is 471 g/mol. The van der Waals surface area contributed by atoms with Gasteiger partial charge >= 0.3 is 0 Å². The predicted octanol–water partition coefficient (Wildman–Crippen LogP) is 6.78. The topological polar surface area (TPSA) is 71.3 Å². The van der Waals surface area contributed by atoms with Crippen LogP contribution >= 0.6 is 34.8 Å². The average molecular weight is 488 g/mol. The lowest BCUT2D eigenvalue weighted by Gasteiger charge is -2.14. The van der Waals surface area contributed by atoms with Crippen molar-refractivity contribution >= 4 is 52.5 Å². The molecule has 1 amide bonds. The molecule has 0 aliphatic carbocycles. The van der Waals surface area contributed by atoms with Crippen molar-refractivity contribution in [3.8, 4) is 17.6 Å². The molecule has 8 heteroatoms. The van der Waals surface area contributed by atoms with E-state index in [9.17, 15) is 10.1 Å². The van der Waals surface area contributed by atoms with E-state index in [1.54, 1.807) is 60.7 Å². The molecular formula is C24H17Cl3N2O3. The summed E-state index contributed by atoms with van der Waals surface area (Å²) in [7, 11) is 1.51. The summed E-state index contributed by atoms with van der Waals surface area (Å²) in [6, 6.07) is 18.9. The van der Waals surface area contributed by atoms with Crippen LogP contribution in [0.4, 0.5) is 5.69 Å². The highest BCUT2D eigenvalue weighted by Crippen LogP contribution is 2.34. The van der Waals surface area contributed by atoms with Crippen molar-refractivity contribution in [1.82, 2.24) is 0 Å². The van der Waals surface area contributed by atoms with Gasteiger partial charge in [0.1, 0.15) is 18.2 Å². The van der Waals surface area contributed by atoms with Crippen LogP contribution in [0.3, 0.4) is 0 Å². The average Bonchev–Trinajstić information content (AvgIpc) is 2.78. The third kappa shape index (κ3) is 5.95. The molecule has 0 saturated carbocycles. The molecule has 3 aromatic rings. The van der Waals surface area contributed by atoms with Crippen molar-refractivity contribution in [1.29, 1.82) is 5.26 Å². The molecule has 0 unspecified atom stereocenters. The quantitative estimate of drug-likeness (QED) is 0.294. The van der Waals surface area contributed by atoms with E-state index in [2.05, 4.69) is 5.32 Å². The summed E-state index contributed by atoms with van der Waals surface area (Å²) in [5.74, 6) is 0.253. The van der Waals surface area contributed by atoms with Crippen LogP contribution in [0.15, 0.2) is 66.2 Å². The third-order valence-corrected chi connectivity index (χ3v) is 5.32. The zero-order valence-corrected chi connectivity index (χ0v) is 19.1. The minimum absolute atomic E-state index is 0.113. The number of nitrogens with zero attached hydrogens (tertiary/aromatic N) is 1. The second kappa shape index (κ2) is 10.9. The van der Waals surface area contributed by atoms with E-state index in [0.29, 0.717) is 37.8 Å². The van der Waals surface area contributed by atoms with Crippen LogP contribution in [0.25, 0.3) is 6.08 Å². The van der Waals surface area contributed by atoms with E-state index >= 15 is 0 Å². The highest BCUT2D eigenvalue weighted by atomic mass is 35.5. The van der Waals surface area contributed by atoms with Crippen LogP contribution in [-0.2, 0) is 11.4 Å². The molecule has 0 saturated heterocycles. The van der Waals surface area contributed by atoms with Gasteiger partial charge in [-0.15, -0.1) is 0 Å². The summed E-state index contributed by atoms with van der Waals surface area (Å²) in [5.41, 5.74) is 1.66. The number of methoxy groups -OCH3 is 1. The predicted molar refractivity (Wildman–Crippen MR) is 127 cm³/mol. The maximum Gasteiger partial charge on any atom is 0.266 e. The molecule has 1 N–H and O–H groups in total. The Morgan fingerprint density at radius 2 is 1.84 bits per heavy atom. The van der Waals surface area contributed by atoms with Crippen molar-refractivity contribution in [2.75, 3.05) is 12.4 Å². The lowest BCUT2D eigenvalue weighted by molar-refractivity contribution is -0.112. The van der Waals surface area contributed by atoms with Gasteiger partial charge in [-0.25, -0.2) is 0 Å². The fourth-order valence-electron chi connectivity index (χ4n) is 2.82. The van der Waals surface area contributed by atoms with Crippen LogP contribution in [0.5, 0.6) is 11.5 Å². The van der Waals surface area contributed by atoms with Crippen LogP contribution in [-0.4, -0.2) is 13.0 Å². The van der Waals surface area contributed by atoms with Gasteiger partial charge in [0, 0.05) is 16.3 Å². The summed E-state index contributed by atoms with van der Waals surface area (Å²) in [4.78, 5) is 12.6. The number of nitriles is 1. The molecule has 0 atom stereocenters. The Morgan fingerprint density at radius 1 is 1.06 bits per heavy atom. The maximum atomic E-state index is 12.6. The minimum Gasteiger partial charge on any atom is -0.493 e. The first-order valence-electron chi connectivity index (χ1n) is 9.33. The van der Waals surface area contributed by atoms with Gasteiger partial charge in [0.15, 0.2) is 11.5 Å². The van der Waals surface area contributed by atoms with E-state index in [4.69, 9.17) is 44.3 Å². The van der Waals surface area contributed by atoms with Gasteiger partial charge in [0.25, 0.3) is 5.91 Å². The fraction of sp³-hybridized carbons (Fsp3) is 0.0833. The van der Waals surface area contributed by atoms with Crippen molar-refractivity contribution in [2.24, 2.45) is 0 Å². The molecule has 162 valence electrons. The molecule has 5 nitrogen and oxygen atoms in total. The minimum atomic E-state index is -0.576. The summed E-state index contributed by atoms with van der Waals surface area (Å²) in [6.07, 6.45) is 1.44. The number of anilines is 1. The number of rotatable bonds is 7. The lowest BCUT2D eigenvalue weighted by atomic mass is 10.1. The summed E-state index contributed by atoms with van der Waals surface area (Å²) >= 11 is 18.0. The molecule has 0 aliphatic rings. The van der Waals surface area contributed by atoms with Gasteiger partial charge in [-0.1, -0.05) is 59.1 Å². The zero-order chi connectivity index (χ0) is 23.1. The van der Waals surface area contributed by atoms with E-state index < -0.39 is 5.91 Å². The number of hydrogen-bond acceptors (Lipinski definition) is 4. The number of para-hydroxylation sites is 1. The van der Waals surface area contributed by atoms with Gasteiger partial charge in [-0.2, -0.15) is 5.26 Å². The molecule has 0 spiro atoms. The van der Waals surface area contributed by atoms with E-state index in [0.717, 1.165) is 5.56 Å². The molecule has 3 aromatic carbocycles. The van der Waals surface area contributed by atoms with Gasteiger partial charge in [-0.05, 0) is 48.0 Å². The van der Waals surface area contributed by atoms with Gasteiger partial charge in [-0.3, -0.25) is 4.79 Å². The van der Waals surface area contributed by atoms with Crippen molar-refractivity contribution < 1.29 is 14.3 Å². The standard InChI is InChI=1S/C24H17Cl3N2O3/c1-31-22-7-2-4-16(23(22)32-14-15-8-9-20(26)21(27)10-15)11-17(13-28)24(30)29-19-6-3-5-18(25)12-19/h2-12H,14H2,1H3,(H,29,30)/b17-11+. The summed E-state index contributed by atoms with van der Waals surface area (Å²) in [5, 5.41) is 13.6. The van der Waals surface area contributed by atoms with E-state index in [1.807, 2.05) is 6.07 Å². The Hall–Kier alpha value is -3.17. The van der Waals surface area contributed by atoms with E-state index in [-0.39, 0.29) is 12.2 Å². The molecule has 0 aromatic heterocycles. The Balaban J connectivity index is 1.88. The number of carbonyl (C=O) groups is 1. The van der Waals surface area contributed by atoms with Gasteiger partial charge < -0.3 is 14.8 Å². The number of hydrogen-bond donors (Lipinski definition) is 1. The smallest absolute Gasteiger partial charge is 0.266 e. The molecule has 0 heterocycles. The maximum absolute atomic E-state index is 12.6. The van der Waals surface area contributed by atoms with Crippen molar-refractivity contribution in [2.45, 2.75) is 6.61 Å². The first-order valence-corrected chi connectivity index (χ1v) is 10.5. The number of ether oxygens (including phenoxy) is 2. The highest BCUT2D eigenvalue weighted by molar-refractivity contribution is 6.42. The zero-order valence-electron chi connectivity index (χ0n) is 16.9. The third-order valence-electron chi connectivity index (χ3n) is 4.34. The molecule has 3 rings (SSSR count). The number of amides is 1. The monoisotopic (exact) mass is 486 g/mol. The molecule has 0 fully saturated rings. The second-order valence-electron chi connectivity index (χ2n) is 6.55. The van der Waals surface area contributed by atoms with Crippen LogP contribution in [0, 0.1) is 11.3 Å². The van der Waals surface area contributed by atoms with Crippen LogP contribution in [0.2, 0.25) is 15.1 Å². The fourth-order valence-corrected chi connectivity index (χ4v) is 3.33. The Kier molecular flexibility index (Phi) is 8.02. The van der Waals surface area contributed by atoms with Crippen molar-refractivity contribution in [3.63, 3.8) is 0 Å². The highest BCUT2D eigenvalue weighted by Gasteiger charge is 2.15. The van der Waals surface area contributed by atoms with Gasteiger partial charge in [0.05, 0.1) is 17.2 Å². The largest absolute Gasteiger partial charge is 0.493 e. The SMILES string of the molecule is COc1cccc(/C=C(\C#N)C(=O)Nc2cccc(Cl)c2)c1OCc1ccc(Cl)c(Cl)c1. The Morgan fingerprint density at radius 3 is 2.53 bits per heavy atom. The van der Waals surface area contributed by atoms with Crippen LogP contribution < -0.4 is 14.8 Å². The summed E-state index contributed by atoms with van der Waals surface area (Å²) < 4.78 is 11.4. The first-order chi connectivity index (χ1) is 15.4. The van der Waals surface area contributed by atoms with Crippen molar-refractivity contribution in [3.05, 3.63) is 92.4 Å². The Bertz CT molecular complexity index is 1220. The summed E-state index contributed by atoms with van der Waals surface area (Å²) in [6.45, 7) is 0.175. The lowest BCUT2D eigenvalue weighted by Crippen LogP contribution is -2.13. The van der Waals surface area contributed by atoms with Gasteiger partial charge in [0.2, 0.25) is 0 Å². The number of nitrogens with one attached hydrogen (secondary N) is 1. The molecule has 32 heavy (non-hydrogen) atoms. The number of halogens is 3. The van der Waals surface area contributed by atoms with E-state index in [1.165, 1.54) is 13.2 Å². The first kappa shape index (κ1) is 23.5. The number of carbonyl (C=O) groups excluding carboxylic acids is 1. The molecule has 0 bridgehead atoms. The Labute approximate surface area is 200 Å². The molecule has 0 aliphatic heterocycles.